The average molecular weight is 380 g/mol. The van der Waals surface area contributed by atoms with Crippen molar-refractivity contribution in [3.63, 3.8) is 0 Å². The number of ketones is 1. The van der Waals surface area contributed by atoms with E-state index in [1.54, 1.807) is 29.2 Å². The monoisotopic (exact) mass is 380 g/mol. The van der Waals surface area contributed by atoms with Gasteiger partial charge < -0.3 is 15.0 Å². The summed E-state index contributed by atoms with van der Waals surface area (Å²) in [5.41, 5.74) is 2.14. The molecule has 3 rings (SSSR count). The zero-order valence-electron chi connectivity index (χ0n) is 15.9. The molecular formula is C22H24N2O4. The molecule has 1 N–H and O–H groups in total. The zero-order chi connectivity index (χ0) is 19.9. The van der Waals surface area contributed by atoms with Gasteiger partial charge in [-0.15, -0.1) is 0 Å². The van der Waals surface area contributed by atoms with Crippen LogP contribution in [0.15, 0.2) is 48.5 Å². The smallest absolute Gasteiger partial charge is 0.227 e. The van der Waals surface area contributed by atoms with Gasteiger partial charge in [0.25, 0.3) is 0 Å². The summed E-state index contributed by atoms with van der Waals surface area (Å²) in [4.78, 5) is 37.0. The van der Waals surface area contributed by atoms with E-state index in [9.17, 15) is 14.4 Å². The Kier molecular flexibility index (Phi) is 6.42. The van der Waals surface area contributed by atoms with Gasteiger partial charge in [-0.05, 0) is 62.2 Å². The number of nitrogens with zero attached hydrogens (tertiary/aromatic N) is 1. The fourth-order valence-corrected chi connectivity index (χ4v) is 3.10. The van der Waals surface area contributed by atoms with E-state index in [2.05, 4.69) is 5.32 Å². The largest absolute Gasteiger partial charge is 0.494 e. The fraction of sp³-hybridized carbons (Fsp3) is 0.318. The number of Topliss-reactive ketones (excluding diaryl/α,β-unsaturated/α-hetero) is 1. The number of ether oxygens (including phenoxy) is 1. The van der Waals surface area contributed by atoms with Crippen LogP contribution >= 0.6 is 0 Å². The van der Waals surface area contributed by atoms with Crippen molar-refractivity contribution in [2.75, 3.05) is 23.4 Å². The molecule has 2 aromatic carbocycles. The van der Waals surface area contributed by atoms with Crippen molar-refractivity contribution in [1.29, 1.82) is 0 Å². The molecule has 0 radical (unpaired) electrons. The van der Waals surface area contributed by atoms with Gasteiger partial charge in [0, 0.05) is 36.3 Å². The lowest BCUT2D eigenvalue weighted by atomic mass is 10.1. The number of carbonyl (C=O) groups is 3. The lowest BCUT2D eigenvalue weighted by molar-refractivity contribution is -0.117. The fourth-order valence-electron chi connectivity index (χ4n) is 3.10. The molecule has 0 aliphatic carbocycles. The molecule has 0 atom stereocenters. The molecule has 0 unspecified atom stereocenters. The molecule has 2 aromatic rings. The maximum atomic E-state index is 12.2. The van der Waals surface area contributed by atoms with Crippen LogP contribution in [0.2, 0.25) is 0 Å². The van der Waals surface area contributed by atoms with Crippen LogP contribution in [0.25, 0.3) is 0 Å². The van der Waals surface area contributed by atoms with E-state index in [1.165, 1.54) is 6.92 Å². The number of hydrogen-bond acceptors (Lipinski definition) is 4. The molecule has 1 heterocycles. The molecule has 0 saturated carbocycles. The summed E-state index contributed by atoms with van der Waals surface area (Å²) in [5.74, 6) is 0.715. The highest BCUT2D eigenvalue weighted by atomic mass is 16.5. The molecule has 146 valence electrons. The minimum Gasteiger partial charge on any atom is -0.494 e. The molecule has 1 aliphatic heterocycles. The Bertz CT molecular complexity index is 861. The number of carbonyl (C=O) groups excluding carboxylic acids is 3. The third kappa shape index (κ3) is 5.19. The minimum atomic E-state index is -0.0968. The summed E-state index contributed by atoms with van der Waals surface area (Å²) in [6.07, 6.45) is 2.35. The third-order valence-electron chi connectivity index (χ3n) is 4.59. The molecule has 6 heteroatoms. The maximum absolute atomic E-state index is 12.2. The summed E-state index contributed by atoms with van der Waals surface area (Å²) >= 11 is 0. The van der Waals surface area contributed by atoms with Gasteiger partial charge in [0.15, 0.2) is 5.78 Å². The van der Waals surface area contributed by atoms with Crippen molar-refractivity contribution < 1.29 is 19.1 Å². The van der Waals surface area contributed by atoms with Crippen LogP contribution < -0.4 is 15.0 Å². The van der Waals surface area contributed by atoms with Crippen LogP contribution in [0.5, 0.6) is 5.75 Å². The van der Waals surface area contributed by atoms with E-state index >= 15 is 0 Å². The van der Waals surface area contributed by atoms with Crippen LogP contribution in [-0.4, -0.2) is 30.7 Å². The maximum Gasteiger partial charge on any atom is 0.227 e. The van der Waals surface area contributed by atoms with Gasteiger partial charge in [0.05, 0.1) is 6.61 Å². The molecule has 1 saturated heterocycles. The Morgan fingerprint density at radius 3 is 2.61 bits per heavy atom. The molecule has 2 amide bonds. The second-order valence-corrected chi connectivity index (χ2v) is 6.78. The number of rotatable bonds is 8. The molecule has 1 fully saturated rings. The normalized spacial score (nSPS) is 13.5. The van der Waals surface area contributed by atoms with E-state index in [1.807, 2.05) is 24.3 Å². The van der Waals surface area contributed by atoms with Crippen molar-refractivity contribution in [1.82, 2.24) is 0 Å². The van der Waals surface area contributed by atoms with Crippen LogP contribution in [-0.2, 0) is 9.59 Å². The predicted molar refractivity (Wildman–Crippen MR) is 108 cm³/mol. The van der Waals surface area contributed by atoms with Gasteiger partial charge in [-0.1, -0.05) is 6.07 Å². The number of anilines is 2. The SMILES string of the molecule is CC(=O)c1ccc(OCCCC(=O)Nc2cccc(N3CCCC3=O)c2)cc1. The van der Waals surface area contributed by atoms with E-state index in [-0.39, 0.29) is 17.6 Å². The van der Waals surface area contributed by atoms with Crippen molar-refractivity contribution in [2.45, 2.75) is 32.6 Å². The van der Waals surface area contributed by atoms with Crippen LogP contribution in [0.1, 0.15) is 43.0 Å². The Morgan fingerprint density at radius 1 is 1.14 bits per heavy atom. The zero-order valence-corrected chi connectivity index (χ0v) is 15.9. The van der Waals surface area contributed by atoms with E-state index in [0.717, 1.165) is 18.7 Å². The molecule has 1 aliphatic rings. The highest BCUT2D eigenvalue weighted by molar-refractivity contribution is 5.97. The van der Waals surface area contributed by atoms with Crippen LogP contribution in [0.4, 0.5) is 11.4 Å². The lowest BCUT2D eigenvalue weighted by Gasteiger charge is -2.16. The molecule has 0 spiro atoms. The summed E-state index contributed by atoms with van der Waals surface area (Å²) in [6, 6.07) is 14.3. The molecule has 0 bridgehead atoms. The van der Waals surface area contributed by atoms with Crippen molar-refractivity contribution >= 4 is 29.0 Å². The van der Waals surface area contributed by atoms with Crippen LogP contribution in [0, 0.1) is 0 Å². The highest BCUT2D eigenvalue weighted by Crippen LogP contribution is 2.24. The minimum absolute atomic E-state index is 0.0152. The number of benzene rings is 2. The van der Waals surface area contributed by atoms with E-state index in [4.69, 9.17) is 4.74 Å². The first kappa shape index (κ1) is 19.6. The van der Waals surface area contributed by atoms with E-state index < -0.39 is 0 Å². The van der Waals surface area contributed by atoms with Crippen molar-refractivity contribution in [2.24, 2.45) is 0 Å². The topological polar surface area (TPSA) is 75.7 Å². The Morgan fingerprint density at radius 2 is 1.93 bits per heavy atom. The van der Waals surface area contributed by atoms with Gasteiger partial charge in [-0.3, -0.25) is 14.4 Å². The van der Waals surface area contributed by atoms with Crippen LogP contribution in [0.3, 0.4) is 0 Å². The lowest BCUT2D eigenvalue weighted by Crippen LogP contribution is -2.23. The van der Waals surface area contributed by atoms with Crippen molar-refractivity contribution in [3.8, 4) is 5.75 Å². The van der Waals surface area contributed by atoms with Gasteiger partial charge in [0.2, 0.25) is 11.8 Å². The van der Waals surface area contributed by atoms with Gasteiger partial charge >= 0.3 is 0 Å². The molecule has 0 aromatic heterocycles. The summed E-state index contributed by atoms with van der Waals surface area (Å²) in [5, 5.41) is 2.87. The first-order valence-corrected chi connectivity index (χ1v) is 9.47. The van der Waals surface area contributed by atoms with Gasteiger partial charge in [-0.25, -0.2) is 0 Å². The molecular weight excluding hydrogens is 356 g/mol. The standard InChI is InChI=1S/C22H24N2O4/c1-16(25)17-9-11-20(12-10-17)28-14-4-7-21(26)23-18-5-2-6-19(15-18)24-13-3-8-22(24)27/h2,5-6,9-12,15H,3-4,7-8,13-14H2,1H3,(H,23,26). The first-order chi connectivity index (χ1) is 13.5. The Hall–Kier alpha value is -3.15. The number of hydrogen-bond donors (Lipinski definition) is 1. The average Bonchev–Trinajstić information content (AvgIpc) is 3.12. The summed E-state index contributed by atoms with van der Waals surface area (Å²) < 4.78 is 5.60. The first-order valence-electron chi connectivity index (χ1n) is 9.47. The second kappa shape index (κ2) is 9.17. The van der Waals surface area contributed by atoms with E-state index in [0.29, 0.717) is 42.9 Å². The summed E-state index contributed by atoms with van der Waals surface area (Å²) in [6.45, 7) is 2.66. The second-order valence-electron chi connectivity index (χ2n) is 6.78. The third-order valence-corrected chi connectivity index (χ3v) is 4.59. The molecule has 28 heavy (non-hydrogen) atoms. The van der Waals surface area contributed by atoms with Gasteiger partial charge in [0.1, 0.15) is 5.75 Å². The molecule has 6 nitrogen and oxygen atoms in total. The Labute approximate surface area is 164 Å². The number of nitrogens with one attached hydrogen (secondary N) is 1. The van der Waals surface area contributed by atoms with Crippen molar-refractivity contribution in [3.05, 3.63) is 54.1 Å². The Balaban J connectivity index is 1.43. The predicted octanol–water partition coefficient (Wildman–Crippen LogP) is 3.81. The number of amides is 2. The quantitative estimate of drug-likeness (QED) is 0.558. The van der Waals surface area contributed by atoms with Gasteiger partial charge in [-0.2, -0.15) is 0 Å². The summed E-state index contributed by atoms with van der Waals surface area (Å²) in [7, 11) is 0. The highest BCUT2D eigenvalue weighted by Gasteiger charge is 2.21.